The summed E-state index contributed by atoms with van der Waals surface area (Å²) in [6, 6.07) is -0.615. The third kappa shape index (κ3) is 3.59. The molecule has 0 unspecified atom stereocenters. The molecule has 0 aliphatic rings. The van der Waals surface area contributed by atoms with Crippen LogP contribution in [0.4, 0.5) is 0 Å². The maximum absolute atomic E-state index is 10.9. The van der Waals surface area contributed by atoms with Crippen LogP contribution < -0.4 is 5.73 Å². The third-order valence-electron chi connectivity index (χ3n) is 1.50. The Hall–Kier alpha value is -0.841. The number of aromatic nitrogens is 2. The Morgan fingerprint density at radius 1 is 1.85 bits per heavy atom. The van der Waals surface area contributed by atoms with Crippen molar-refractivity contribution in [2.75, 3.05) is 7.11 Å². The van der Waals surface area contributed by atoms with Crippen LogP contribution >= 0.6 is 0 Å². The van der Waals surface area contributed by atoms with Gasteiger partial charge in [-0.2, -0.15) is 0 Å². The summed E-state index contributed by atoms with van der Waals surface area (Å²) in [6.45, 7) is 0. The fraction of sp³-hybridized carbons (Fsp3) is 0.429. The summed E-state index contributed by atoms with van der Waals surface area (Å²) in [4.78, 5) is 17.5. The molecular weight excluding hydrogens is 237 g/mol. The minimum absolute atomic E-state index is 0. The van der Waals surface area contributed by atoms with Crippen LogP contribution in [-0.4, -0.2) is 46.2 Å². The van der Waals surface area contributed by atoms with Crippen LogP contribution in [-0.2, 0) is 16.0 Å². The van der Waals surface area contributed by atoms with Crippen molar-refractivity contribution < 1.29 is 9.53 Å². The second-order valence-corrected chi connectivity index (χ2v) is 2.41. The molecule has 13 heavy (non-hydrogen) atoms. The van der Waals surface area contributed by atoms with Gasteiger partial charge in [0.25, 0.3) is 0 Å². The van der Waals surface area contributed by atoms with E-state index in [4.69, 9.17) is 5.73 Å². The minimum Gasteiger partial charge on any atom is -0.468 e. The molecule has 2 radical (unpaired) electrons. The molecule has 1 rings (SSSR count). The maximum atomic E-state index is 10.9. The zero-order valence-electron chi connectivity index (χ0n) is 7.19. The smallest absolute Gasteiger partial charge is 0.323 e. The predicted octanol–water partition coefficient (Wildman–Crippen LogP) is -0.928. The Kier molecular flexibility index (Phi) is 5.37. The molecule has 0 aliphatic heterocycles. The number of carbonyl (C=O) groups excluding carboxylic acids is 1. The van der Waals surface area contributed by atoms with Crippen LogP contribution in [0.15, 0.2) is 12.5 Å². The number of imidazole rings is 1. The van der Waals surface area contributed by atoms with Crippen LogP contribution in [0.25, 0.3) is 0 Å². The topological polar surface area (TPSA) is 81.0 Å². The van der Waals surface area contributed by atoms with Gasteiger partial charge in [-0.1, -0.05) is 0 Å². The van der Waals surface area contributed by atoms with Crippen molar-refractivity contribution in [3.05, 3.63) is 18.2 Å². The first kappa shape index (κ1) is 12.2. The van der Waals surface area contributed by atoms with Gasteiger partial charge in [0.2, 0.25) is 0 Å². The van der Waals surface area contributed by atoms with Gasteiger partial charge < -0.3 is 15.5 Å². The first-order valence-electron chi connectivity index (χ1n) is 3.54. The molecule has 0 aromatic carbocycles. The van der Waals surface area contributed by atoms with Crippen molar-refractivity contribution in [3.8, 4) is 0 Å². The quantitative estimate of drug-likeness (QED) is 0.535. The van der Waals surface area contributed by atoms with E-state index in [9.17, 15) is 4.79 Å². The Bertz CT molecular complexity index is 250. The number of nitrogens with zero attached hydrogens (tertiary/aromatic N) is 1. The van der Waals surface area contributed by atoms with Gasteiger partial charge >= 0.3 is 5.97 Å². The van der Waals surface area contributed by atoms with Crippen molar-refractivity contribution in [3.63, 3.8) is 0 Å². The van der Waals surface area contributed by atoms with E-state index in [0.29, 0.717) is 6.42 Å². The van der Waals surface area contributed by atoms with Gasteiger partial charge in [-0.3, -0.25) is 4.79 Å². The van der Waals surface area contributed by atoms with E-state index in [2.05, 4.69) is 14.7 Å². The van der Waals surface area contributed by atoms with Crippen LogP contribution in [0.3, 0.4) is 0 Å². The van der Waals surface area contributed by atoms with Crippen LogP contribution in [0.5, 0.6) is 0 Å². The summed E-state index contributed by atoms with van der Waals surface area (Å²) in [5, 5.41) is 0. The van der Waals surface area contributed by atoms with E-state index in [-0.39, 0.29) is 17.1 Å². The summed E-state index contributed by atoms with van der Waals surface area (Å²) in [5.74, 6) is -0.412. The number of nitrogens with two attached hydrogens (primary N) is 1. The number of aromatic amines is 1. The Morgan fingerprint density at radius 2 is 2.54 bits per heavy atom. The van der Waals surface area contributed by atoms with Gasteiger partial charge in [-0.25, -0.2) is 4.98 Å². The number of esters is 1. The molecule has 72 valence electrons. The predicted molar refractivity (Wildman–Crippen MR) is 48.0 cm³/mol. The fourth-order valence-electron chi connectivity index (χ4n) is 0.868. The van der Waals surface area contributed by atoms with Crippen molar-refractivity contribution in [1.29, 1.82) is 0 Å². The number of methoxy groups -OCH3 is 1. The zero-order chi connectivity index (χ0) is 8.97. The van der Waals surface area contributed by atoms with Gasteiger partial charge in [0, 0.05) is 35.4 Å². The Balaban J connectivity index is 0.00000144. The third-order valence-corrected chi connectivity index (χ3v) is 1.50. The number of ether oxygens (including phenoxy) is 1. The largest absolute Gasteiger partial charge is 0.468 e. The molecule has 1 aromatic heterocycles. The molecule has 5 nitrogen and oxygen atoms in total. The molecule has 0 bridgehead atoms. The van der Waals surface area contributed by atoms with E-state index in [1.165, 1.54) is 7.11 Å². The molecule has 1 atom stereocenters. The minimum atomic E-state index is -0.615. The fourth-order valence-corrected chi connectivity index (χ4v) is 0.868. The first-order chi connectivity index (χ1) is 5.74. The second kappa shape index (κ2) is 5.75. The number of H-pyrrole nitrogens is 1. The number of carbonyl (C=O) groups is 1. The first-order valence-corrected chi connectivity index (χ1v) is 3.54. The SMILES string of the molecule is COC(=O)[C@@H](N)Cc1cnc[nH]1.[Se]. The number of rotatable bonds is 3. The van der Waals surface area contributed by atoms with E-state index in [0.717, 1.165) is 5.69 Å². The molecule has 1 heterocycles. The number of hydrogen-bond donors (Lipinski definition) is 2. The molecule has 0 fully saturated rings. The van der Waals surface area contributed by atoms with Crippen molar-refractivity contribution in [2.24, 2.45) is 5.73 Å². The molecular formula is C7H11N3O2Se. The summed E-state index contributed by atoms with van der Waals surface area (Å²) in [6.07, 6.45) is 3.59. The zero-order valence-corrected chi connectivity index (χ0v) is 8.90. The van der Waals surface area contributed by atoms with Gasteiger partial charge in [0.05, 0.1) is 13.4 Å². The average Bonchev–Trinajstić information content (AvgIpc) is 2.55. The summed E-state index contributed by atoms with van der Waals surface area (Å²) >= 11 is 0. The number of nitrogens with one attached hydrogen (secondary N) is 1. The Morgan fingerprint density at radius 3 is 3.00 bits per heavy atom. The molecule has 0 saturated heterocycles. The monoisotopic (exact) mass is 249 g/mol. The average molecular weight is 248 g/mol. The van der Waals surface area contributed by atoms with Crippen molar-refractivity contribution >= 4 is 23.0 Å². The summed E-state index contributed by atoms with van der Waals surface area (Å²) < 4.78 is 4.46. The van der Waals surface area contributed by atoms with Crippen LogP contribution in [0.1, 0.15) is 5.69 Å². The van der Waals surface area contributed by atoms with Crippen LogP contribution in [0, 0.1) is 0 Å². The van der Waals surface area contributed by atoms with E-state index < -0.39 is 12.0 Å². The van der Waals surface area contributed by atoms with E-state index in [1.54, 1.807) is 12.5 Å². The van der Waals surface area contributed by atoms with Gasteiger partial charge in [0.1, 0.15) is 6.04 Å². The standard InChI is InChI=1S/C7H11N3O2.Se/c1-12-7(11)6(8)2-5-3-9-4-10-5;/h3-4,6H,2,8H2,1H3,(H,9,10);/t6-;/m0./s1. The van der Waals surface area contributed by atoms with E-state index in [1.807, 2.05) is 0 Å². The summed E-state index contributed by atoms with van der Waals surface area (Å²) in [5.41, 5.74) is 6.32. The Labute approximate surface area is 86.5 Å². The number of hydrogen-bond acceptors (Lipinski definition) is 4. The van der Waals surface area contributed by atoms with E-state index >= 15 is 0 Å². The van der Waals surface area contributed by atoms with Crippen molar-refractivity contribution in [2.45, 2.75) is 12.5 Å². The van der Waals surface area contributed by atoms with Gasteiger partial charge in [-0.05, 0) is 0 Å². The molecule has 0 aliphatic carbocycles. The normalized spacial score (nSPS) is 11.5. The molecule has 0 saturated carbocycles. The summed E-state index contributed by atoms with van der Waals surface area (Å²) in [7, 11) is 1.31. The van der Waals surface area contributed by atoms with Gasteiger partial charge in [-0.15, -0.1) is 0 Å². The maximum Gasteiger partial charge on any atom is 0.323 e. The van der Waals surface area contributed by atoms with Gasteiger partial charge in [0.15, 0.2) is 0 Å². The van der Waals surface area contributed by atoms with Crippen molar-refractivity contribution in [1.82, 2.24) is 9.97 Å². The molecule has 3 N–H and O–H groups in total. The molecule has 0 amide bonds. The second-order valence-electron chi connectivity index (χ2n) is 2.41. The molecule has 1 aromatic rings. The van der Waals surface area contributed by atoms with Crippen LogP contribution in [0.2, 0.25) is 0 Å². The molecule has 6 heteroatoms. The molecule has 0 spiro atoms.